The fourth-order valence-corrected chi connectivity index (χ4v) is 4.37. The summed E-state index contributed by atoms with van der Waals surface area (Å²) < 4.78 is 3.54. The number of nitrogens with zero attached hydrogens (tertiary/aromatic N) is 1. The fraction of sp³-hybridized carbons (Fsp3) is 0.292. The second-order valence-corrected chi connectivity index (χ2v) is 8.63. The normalized spacial score (nSPS) is 15.8. The highest BCUT2D eigenvalue weighted by Gasteiger charge is 2.29. The van der Waals surface area contributed by atoms with Crippen LogP contribution in [0.1, 0.15) is 36.0 Å². The minimum Gasteiger partial charge on any atom is -0.356 e. The van der Waals surface area contributed by atoms with Crippen LogP contribution < -0.4 is 10.0 Å². The molecule has 0 atom stereocenters. The van der Waals surface area contributed by atoms with Crippen molar-refractivity contribution >= 4 is 29.0 Å². The molecule has 0 bridgehead atoms. The molecule has 28 heavy (non-hydrogen) atoms. The molecule has 0 unspecified atom stereocenters. The summed E-state index contributed by atoms with van der Waals surface area (Å²) in [5.74, 6) is 0.722. The van der Waals surface area contributed by atoms with Crippen LogP contribution in [0.2, 0.25) is 0 Å². The molecular weight excluding hydrogens is 362 g/mol. The number of aryl methyl sites for hydroxylation is 3. The molecule has 0 amide bonds. The van der Waals surface area contributed by atoms with Crippen LogP contribution in [0.4, 0.5) is 11.4 Å². The summed E-state index contributed by atoms with van der Waals surface area (Å²) >= 11 is 1.66. The van der Waals surface area contributed by atoms with E-state index in [1.165, 1.54) is 51.4 Å². The molecular formula is C24H27N3S. The summed E-state index contributed by atoms with van der Waals surface area (Å²) in [7, 11) is 0. The van der Waals surface area contributed by atoms with Crippen LogP contribution in [0.25, 0.3) is 0 Å². The van der Waals surface area contributed by atoms with Crippen LogP contribution >= 0.6 is 11.9 Å². The van der Waals surface area contributed by atoms with Crippen LogP contribution in [-0.2, 0) is 0 Å². The summed E-state index contributed by atoms with van der Waals surface area (Å²) in [6.45, 7) is 10.7. The van der Waals surface area contributed by atoms with Crippen LogP contribution in [-0.4, -0.2) is 5.71 Å². The lowest BCUT2D eigenvalue weighted by Gasteiger charge is -2.15. The smallest absolute Gasteiger partial charge is 0.0501 e. The molecule has 1 saturated carbocycles. The predicted octanol–water partition coefficient (Wildman–Crippen LogP) is 6.80. The van der Waals surface area contributed by atoms with Gasteiger partial charge in [0.2, 0.25) is 0 Å². The van der Waals surface area contributed by atoms with E-state index in [1.54, 1.807) is 11.9 Å². The van der Waals surface area contributed by atoms with Crippen molar-refractivity contribution in [1.29, 1.82) is 0 Å². The molecule has 0 aromatic heterocycles. The minimum atomic E-state index is 0.722. The zero-order valence-electron chi connectivity index (χ0n) is 16.8. The summed E-state index contributed by atoms with van der Waals surface area (Å²) in [6, 6.07) is 12.8. The van der Waals surface area contributed by atoms with E-state index in [0.29, 0.717) is 0 Å². The van der Waals surface area contributed by atoms with Gasteiger partial charge in [0.25, 0.3) is 0 Å². The fourth-order valence-electron chi connectivity index (χ4n) is 3.42. The van der Waals surface area contributed by atoms with Gasteiger partial charge in [0.1, 0.15) is 0 Å². The Morgan fingerprint density at radius 3 is 2.54 bits per heavy atom. The number of benzene rings is 2. The Morgan fingerprint density at radius 2 is 1.82 bits per heavy atom. The number of hydrogen-bond donors (Lipinski definition) is 2. The lowest BCUT2D eigenvalue weighted by atomic mass is 10.1. The molecule has 1 fully saturated rings. The van der Waals surface area contributed by atoms with Gasteiger partial charge in [0, 0.05) is 34.6 Å². The largest absolute Gasteiger partial charge is 0.356 e. The highest BCUT2D eigenvalue weighted by atomic mass is 32.2. The van der Waals surface area contributed by atoms with E-state index in [1.807, 2.05) is 6.20 Å². The molecule has 0 saturated heterocycles. The van der Waals surface area contributed by atoms with Crippen LogP contribution in [0.15, 0.2) is 70.3 Å². The first-order valence-electron chi connectivity index (χ1n) is 9.83. The highest BCUT2D eigenvalue weighted by Crippen LogP contribution is 2.36. The molecule has 1 aliphatic carbocycles. The van der Waals surface area contributed by atoms with Crippen LogP contribution in [0.5, 0.6) is 0 Å². The molecule has 2 N–H and O–H groups in total. The second-order valence-electron chi connectivity index (χ2n) is 7.78. The van der Waals surface area contributed by atoms with Crippen molar-refractivity contribution in [2.45, 2.75) is 44.9 Å². The molecule has 3 nitrogen and oxygen atoms in total. The van der Waals surface area contributed by atoms with Gasteiger partial charge in [-0.3, -0.25) is 4.99 Å². The zero-order valence-corrected chi connectivity index (χ0v) is 17.6. The lowest BCUT2D eigenvalue weighted by molar-refractivity contribution is 1.13. The Labute approximate surface area is 172 Å². The van der Waals surface area contributed by atoms with E-state index in [0.717, 1.165) is 23.7 Å². The van der Waals surface area contributed by atoms with E-state index >= 15 is 0 Å². The van der Waals surface area contributed by atoms with Crippen molar-refractivity contribution in [2.75, 3.05) is 10.0 Å². The third kappa shape index (κ3) is 4.17. The summed E-state index contributed by atoms with van der Waals surface area (Å²) in [4.78, 5) is 5.80. The van der Waals surface area contributed by atoms with Crippen molar-refractivity contribution in [3.63, 3.8) is 0 Å². The van der Waals surface area contributed by atoms with Gasteiger partial charge in [-0.2, -0.15) is 0 Å². The molecule has 2 aliphatic rings. The molecule has 2 aromatic rings. The molecule has 4 heteroatoms. The summed E-state index contributed by atoms with van der Waals surface area (Å²) in [5.41, 5.74) is 9.49. The van der Waals surface area contributed by atoms with Gasteiger partial charge in [-0.25, -0.2) is 0 Å². The number of allylic oxidation sites excluding steroid dienone is 1. The van der Waals surface area contributed by atoms with E-state index < -0.39 is 0 Å². The standard InChI is InChI=1S/C24H27N3S/c1-15-8-11-21(26-18(4)20-12-22(25-14-20)19-9-10-19)13-23(15)28-27-24-16(2)6-5-7-17(24)3/h5-8,11,13-14,19,26-27H,4,9-10,12H2,1-3H3. The van der Waals surface area contributed by atoms with Crippen LogP contribution in [0.3, 0.4) is 0 Å². The van der Waals surface area contributed by atoms with Crippen molar-refractivity contribution in [3.8, 4) is 0 Å². The molecule has 0 spiro atoms. The Morgan fingerprint density at radius 1 is 1.07 bits per heavy atom. The number of hydrogen-bond acceptors (Lipinski definition) is 4. The number of nitrogens with one attached hydrogen (secondary N) is 2. The number of aliphatic imine (C=N–C) groups is 1. The van der Waals surface area contributed by atoms with Crippen molar-refractivity contribution in [1.82, 2.24) is 0 Å². The third-order valence-corrected chi connectivity index (χ3v) is 6.39. The molecule has 2 aromatic carbocycles. The van der Waals surface area contributed by atoms with E-state index in [4.69, 9.17) is 0 Å². The first-order chi connectivity index (χ1) is 13.5. The van der Waals surface area contributed by atoms with E-state index in [-0.39, 0.29) is 0 Å². The van der Waals surface area contributed by atoms with E-state index in [2.05, 4.69) is 78.8 Å². The minimum absolute atomic E-state index is 0.722. The van der Waals surface area contributed by atoms with Gasteiger partial charge in [0.15, 0.2) is 0 Å². The van der Waals surface area contributed by atoms with Gasteiger partial charge in [-0.05, 0) is 85.9 Å². The molecule has 1 heterocycles. The maximum atomic E-state index is 4.59. The Balaban J connectivity index is 1.41. The molecule has 1 aliphatic heterocycles. The summed E-state index contributed by atoms with van der Waals surface area (Å²) in [6.07, 6.45) is 5.52. The Hall–Kier alpha value is -2.46. The van der Waals surface area contributed by atoms with Crippen molar-refractivity contribution < 1.29 is 0 Å². The quantitative estimate of drug-likeness (QED) is 0.512. The number of anilines is 2. The Bertz CT molecular complexity index is 963. The zero-order chi connectivity index (χ0) is 19.7. The molecule has 0 radical (unpaired) electrons. The number of rotatable bonds is 7. The predicted molar refractivity (Wildman–Crippen MR) is 122 cm³/mol. The average Bonchev–Trinajstić information content (AvgIpc) is 3.40. The molecule has 144 valence electrons. The topological polar surface area (TPSA) is 36.4 Å². The maximum Gasteiger partial charge on any atom is 0.0501 e. The first kappa shape index (κ1) is 18.9. The van der Waals surface area contributed by atoms with Gasteiger partial charge >= 0.3 is 0 Å². The maximum absolute atomic E-state index is 4.59. The monoisotopic (exact) mass is 389 g/mol. The number of para-hydroxylation sites is 1. The summed E-state index contributed by atoms with van der Waals surface area (Å²) in [5, 5.41) is 3.48. The van der Waals surface area contributed by atoms with Crippen molar-refractivity contribution in [2.24, 2.45) is 10.9 Å². The van der Waals surface area contributed by atoms with Gasteiger partial charge < -0.3 is 10.0 Å². The first-order valence-corrected chi connectivity index (χ1v) is 10.6. The van der Waals surface area contributed by atoms with Crippen LogP contribution in [0, 0.1) is 26.7 Å². The molecule has 4 rings (SSSR count). The highest BCUT2D eigenvalue weighted by molar-refractivity contribution is 8.00. The SMILES string of the molecule is C=C(Nc1ccc(C)c(SNc2c(C)cccc2C)c1)C1=CN=C(C2CC2)C1. The lowest BCUT2D eigenvalue weighted by Crippen LogP contribution is -2.04. The second kappa shape index (κ2) is 7.88. The van der Waals surface area contributed by atoms with Gasteiger partial charge in [0.05, 0.1) is 5.69 Å². The average molecular weight is 390 g/mol. The van der Waals surface area contributed by atoms with Gasteiger partial charge in [-0.15, -0.1) is 0 Å². The van der Waals surface area contributed by atoms with Crippen molar-refractivity contribution in [3.05, 3.63) is 77.1 Å². The Kier molecular flexibility index (Phi) is 5.31. The third-order valence-electron chi connectivity index (χ3n) is 5.42. The van der Waals surface area contributed by atoms with Gasteiger partial charge in [-0.1, -0.05) is 30.8 Å². The van der Waals surface area contributed by atoms with E-state index in [9.17, 15) is 0 Å².